The highest BCUT2D eigenvalue weighted by Gasteiger charge is 2.17. The summed E-state index contributed by atoms with van der Waals surface area (Å²) in [7, 11) is 0. The lowest BCUT2D eigenvalue weighted by atomic mass is 10.0. The van der Waals surface area contributed by atoms with Gasteiger partial charge in [0.2, 0.25) is 0 Å². The first-order chi connectivity index (χ1) is 9.11. The van der Waals surface area contributed by atoms with Gasteiger partial charge < -0.3 is 9.73 Å². The molecule has 19 heavy (non-hydrogen) atoms. The first kappa shape index (κ1) is 15.1. The quantitative estimate of drug-likeness (QED) is 0.703. The van der Waals surface area contributed by atoms with Crippen LogP contribution in [0, 0.1) is 0 Å². The second kappa shape index (κ2) is 6.93. The van der Waals surface area contributed by atoms with Crippen molar-refractivity contribution in [2.24, 2.45) is 0 Å². The summed E-state index contributed by atoms with van der Waals surface area (Å²) in [6.45, 7) is 3.05. The van der Waals surface area contributed by atoms with Crippen molar-refractivity contribution >= 4 is 43.5 Å². The molecule has 1 aromatic carbocycles. The Labute approximate surface area is 134 Å². The van der Waals surface area contributed by atoms with E-state index in [-0.39, 0.29) is 6.04 Å². The van der Waals surface area contributed by atoms with Crippen molar-refractivity contribution in [3.8, 4) is 0 Å². The minimum Gasteiger partial charge on any atom is -0.452 e. The lowest BCUT2D eigenvalue weighted by Gasteiger charge is -2.17. The molecule has 102 valence electrons. The van der Waals surface area contributed by atoms with Crippen molar-refractivity contribution in [3.63, 3.8) is 0 Å². The summed E-state index contributed by atoms with van der Waals surface area (Å²) < 4.78 is 7.29. The average Bonchev–Trinajstić information content (AvgIpc) is 2.80. The molecule has 2 rings (SSSR count). The molecule has 1 heterocycles. The molecule has 0 aliphatic rings. The zero-order chi connectivity index (χ0) is 13.8. The van der Waals surface area contributed by atoms with Crippen molar-refractivity contribution in [1.29, 1.82) is 0 Å². The van der Waals surface area contributed by atoms with Gasteiger partial charge in [-0.15, -0.1) is 0 Å². The van der Waals surface area contributed by atoms with Crippen molar-refractivity contribution < 1.29 is 4.42 Å². The average molecular weight is 408 g/mol. The molecule has 1 atom stereocenters. The number of benzene rings is 1. The molecular weight excluding hydrogens is 393 g/mol. The van der Waals surface area contributed by atoms with E-state index in [2.05, 4.69) is 44.1 Å². The number of hydrogen-bond donors (Lipinski definition) is 1. The van der Waals surface area contributed by atoms with E-state index in [1.165, 1.54) is 0 Å². The Morgan fingerprint density at radius 2 is 2.05 bits per heavy atom. The summed E-state index contributed by atoms with van der Waals surface area (Å²) >= 11 is 12.9. The van der Waals surface area contributed by atoms with E-state index < -0.39 is 0 Å². The summed E-state index contributed by atoms with van der Waals surface area (Å²) in [4.78, 5) is 0. The Morgan fingerprint density at radius 3 is 2.63 bits per heavy atom. The Morgan fingerprint density at radius 1 is 1.26 bits per heavy atom. The Kier molecular flexibility index (Phi) is 5.51. The van der Waals surface area contributed by atoms with Crippen LogP contribution in [0.3, 0.4) is 0 Å². The van der Waals surface area contributed by atoms with E-state index in [0.29, 0.717) is 5.02 Å². The van der Waals surface area contributed by atoms with Crippen LogP contribution in [-0.2, 0) is 0 Å². The third-order valence-corrected chi connectivity index (χ3v) is 4.41. The van der Waals surface area contributed by atoms with Gasteiger partial charge in [0.25, 0.3) is 0 Å². The topological polar surface area (TPSA) is 25.2 Å². The normalized spacial score (nSPS) is 12.6. The highest BCUT2D eigenvalue weighted by Crippen LogP contribution is 2.30. The standard InChI is InChI=1S/C14H14Br2ClNO/c1-2-7-18-14(12-5-6-13(16)19-12)9-3-4-10(15)11(17)8-9/h3-6,8,14,18H,2,7H2,1H3. The molecule has 0 aliphatic carbocycles. The number of halogens is 3. The molecule has 0 saturated heterocycles. The molecule has 0 bridgehead atoms. The summed E-state index contributed by atoms with van der Waals surface area (Å²) in [6.07, 6.45) is 1.06. The molecule has 1 aromatic heterocycles. The maximum Gasteiger partial charge on any atom is 0.169 e. The molecule has 0 spiro atoms. The molecule has 1 N–H and O–H groups in total. The largest absolute Gasteiger partial charge is 0.452 e. The maximum atomic E-state index is 6.17. The van der Waals surface area contributed by atoms with Crippen LogP contribution in [0.4, 0.5) is 0 Å². The van der Waals surface area contributed by atoms with Gasteiger partial charge in [0, 0.05) is 4.47 Å². The molecule has 0 fully saturated rings. The van der Waals surface area contributed by atoms with Crippen LogP contribution in [0.1, 0.15) is 30.7 Å². The van der Waals surface area contributed by atoms with Gasteiger partial charge in [-0.3, -0.25) is 0 Å². The predicted molar refractivity (Wildman–Crippen MR) is 85.7 cm³/mol. The first-order valence-electron chi connectivity index (χ1n) is 6.05. The first-order valence-corrected chi connectivity index (χ1v) is 8.01. The number of rotatable bonds is 5. The fourth-order valence-electron chi connectivity index (χ4n) is 1.85. The van der Waals surface area contributed by atoms with Crippen molar-refractivity contribution in [2.75, 3.05) is 6.54 Å². The van der Waals surface area contributed by atoms with E-state index >= 15 is 0 Å². The second-order valence-electron chi connectivity index (χ2n) is 4.20. The molecule has 0 aliphatic heterocycles. The van der Waals surface area contributed by atoms with Crippen LogP contribution in [0.2, 0.25) is 5.02 Å². The molecule has 0 radical (unpaired) electrons. The van der Waals surface area contributed by atoms with E-state index in [9.17, 15) is 0 Å². The second-order valence-corrected chi connectivity index (χ2v) is 6.25. The predicted octanol–water partition coefficient (Wildman–Crippen LogP) is 5.55. The monoisotopic (exact) mass is 405 g/mol. The summed E-state index contributed by atoms with van der Waals surface area (Å²) in [5, 5.41) is 4.17. The molecular formula is C14H14Br2ClNO. The molecule has 0 saturated carbocycles. The van der Waals surface area contributed by atoms with Crippen LogP contribution < -0.4 is 5.32 Å². The molecule has 0 amide bonds. The SMILES string of the molecule is CCCNC(c1ccc(Br)c(Cl)c1)c1ccc(Br)o1. The van der Waals surface area contributed by atoms with E-state index in [4.69, 9.17) is 16.0 Å². The van der Waals surface area contributed by atoms with Gasteiger partial charge in [0.05, 0.1) is 11.1 Å². The summed E-state index contributed by atoms with van der Waals surface area (Å²) in [5.41, 5.74) is 1.09. The highest BCUT2D eigenvalue weighted by atomic mass is 79.9. The summed E-state index contributed by atoms with van der Waals surface area (Å²) in [5.74, 6) is 0.874. The van der Waals surface area contributed by atoms with Gasteiger partial charge in [-0.2, -0.15) is 0 Å². The molecule has 2 nitrogen and oxygen atoms in total. The van der Waals surface area contributed by atoms with Crippen molar-refractivity contribution in [3.05, 3.63) is 55.8 Å². The third kappa shape index (κ3) is 3.85. The van der Waals surface area contributed by atoms with Crippen LogP contribution in [0.25, 0.3) is 0 Å². The van der Waals surface area contributed by atoms with Gasteiger partial charge in [-0.25, -0.2) is 0 Å². The summed E-state index contributed by atoms with van der Waals surface area (Å²) in [6, 6.07) is 9.83. The molecule has 1 unspecified atom stereocenters. The van der Waals surface area contributed by atoms with Gasteiger partial charge >= 0.3 is 0 Å². The van der Waals surface area contributed by atoms with Crippen LogP contribution in [0.5, 0.6) is 0 Å². The zero-order valence-corrected chi connectivity index (χ0v) is 14.3. The third-order valence-electron chi connectivity index (χ3n) is 2.75. The maximum absolute atomic E-state index is 6.17. The van der Waals surface area contributed by atoms with E-state index in [1.54, 1.807) is 0 Å². The Balaban J connectivity index is 2.33. The lowest BCUT2D eigenvalue weighted by molar-refractivity contribution is 0.433. The minimum absolute atomic E-state index is 0.0110. The number of nitrogens with one attached hydrogen (secondary N) is 1. The van der Waals surface area contributed by atoms with Gasteiger partial charge in [0.15, 0.2) is 4.67 Å². The van der Waals surface area contributed by atoms with Crippen LogP contribution >= 0.6 is 43.5 Å². The highest BCUT2D eigenvalue weighted by molar-refractivity contribution is 9.10. The molecule has 5 heteroatoms. The van der Waals surface area contributed by atoms with Crippen molar-refractivity contribution in [1.82, 2.24) is 5.32 Å². The number of furan rings is 1. The van der Waals surface area contributed by atoms with Crippen molar-refractivity contribution in [2.45, 2.75) is 19.4 Å². The Bertz CT molecular complexity index is 556. The fourth-order valence-corrected chi connectivity index (χ4v) is 2.60. The Hall–Kier alpha value is -0.290. The lowest BCUT2D eigenvalue weighted by Crippen LogP contribution is -2.22. The number of hydrogen-bond acceptors (Lipinski definition) is 2. The smallest absolute Gasteiger partial charge is 0.169 e. The van der Waals surface area contributed by atoms with Crippen LogP contribution in [0.15, 0.2) is 43.9 Å². The minimum atomic E-state index is 0.0110. The van der Waals surface area contributed by atoms with Gasteiger partial charge in [-0.05, 0) is 74.7 Å². The zero-order valence-electron chi connectivity index (χ0n) is 10.4. The molecule has 2 aromatic rings. The van der Waals surface area contributed by atoms with Gasteiger partial charge in [0.1, 0.15) is 5.76 Å². The van der Waals surface area contributed by atoms with Gasteiger partial charge in [-0.1, -0.05) is 24.6 Å². The van der Waals surface area contributed by atoms with E-state index in [1.807, 2.05) is 30.3 Å². The van der Waals surface area contributed by atoms with Crippen LogP contribution in [-0.4, -0.2) is 6.54 Å². The fraction of sp³-hybridized carbons (Fsp3) is 0.286. The van der Waals surface area contributed by atoms with E-state index in [0.717, 1.165) is 33.4 Å².